The Morgan fingerprint density at radius 1 is 0.971 bits per heavy atom. The van der Waals surface area contributed by atoms with Crippen molar-refractivity contribution in [2.45, 2.75) is 51.5 Å². The van der Waals surface area contributed by atoms with Crippen molar-refractivity contribution in [1.82, 2.24) is 0 Å². The van der Waals surface area contributed by atoms with Crippen LogP contribution in [-0.2, 0) is 22.4 Å². The highest BCUT2D eigenvalue weighted by Gasteiger charge is 2.45. The molecule has 2 unspecified atom stereocenters. The summed E-state index contributed by atoms with van der Waals surface area (Å²) in [6.07, 6.45) is 4.33. The molecular weight excluding hydrogens is 458 g/mol. The highest BCUT2D eigenvalue weighted by molar-refractivity contribution is 6.30. The number of allylic oxidation sites excluding steroid dienone is 1. The molecule has 2 atom stereocenters. The van der Waals surface area contributed by atoms with Gasteiger partial charge in [-0.1, -0.05) is 66.2 Å². The Labute approximate surface area is 213 Å². The number of ether oxygens (including phenoxy) is 3. The molecule has 0 bridgehead atoms. The van der Waals surface area contributed by atoms with E-state index < -0.39 is 5.60 Å². The molecular formula is C30H34ClNO3. The average molecular weight is 492 g/mol. The Hall–Kier alpha value is -2.79. The normalized spacial score (nSPS) is 18.7. The van der Waals surface area contributed by atoms with Crippen LogP contribution in [0.2, 0.25) is 5.02 Å². The third-order valence-corrected chi connectivity index (χ3v) is 6.41. The minimum Gasteiger partial charge on any atom is -0.485 e. The molecule has 1 N–H and O–H groups in total. The van der Waals surface area contributed by atoms with Crippen molar-refractivity contribution in [3.63, 3.8) is 0 Å². The lowest BCUT2D eigenvalue weighted by atomic mass is 9.87. The summed E-state index contributed by atoms with van der Waals surface area (Å²) in [4.78, 5) is 0. The maximum absolute atomic E-state index is 6.55. The number of benzene rings is 3. The Bertz CT molecular complexity index is 1130. The standard InChI is InChI=1S/C30H34ClNO3/c1-4-5-17-34-29-28(33-18-16-22-10-7-6-8-11-22)26-20-25(14-15-27(26)35-30(29,2)3)32-21-23-12-9-13-24(31)19-23/h4-15,19-20,28-29,32H,16-18,21H2,1-3H3. The fourth-order valence-corrected chi connectivity index (χ4v) is 4.58. The molecule has 0 aromatic heterocycles. The van der Waals surface area contributed by atoms with E-state index in [9.17, 15) is 0 Å². The largest absolute Gasteiger partial charge is 0.485 e. The fraction of sp³-hybridized carbons (Fsp3) is 0.333. The van der Waals surface area contributed by atoms with E-state index in [4.69, 9.17) is 25.8 Å². The molecule has 4 rings (SSSR count). The Balaban J connectivity index is 1.56. The summed E-state index contributed by atoms with van der Waals surface area (Å²) in [5.74, 6) is 0.832. The monoisotopic (exact) mass is 491 g/mol. The van der Waals surface area contributed by atoms with Crippen LogP contribution in [0.25, 0.3) is 0 Å². The first-order valence-corrected chi connectivity index (χ1v) is 12.5. The van der Waals surface area contributed by atoms with Crippen molar-refractivity contribution in [3.8, 4) is 5.75 Å². The van der Waals surface area contributed by atoms with Crippen LogP contribution in [0.15, 0.2) is 84.9 Å². The number of nitrogens with one attached hydrogen (secondary N) is 1. The van der Waals surface area contributed by atoms with Crippen LogP contribution in [0.3, 0.4) is 0 Å². The van der Waals surface area contributed by atoms with Gasteiger partial charge >= 0.3 is 0 Å². The lowest BCUT2D eigenvalue weighted by Crippen LogP contribution is -2.51. The maximum atomic E-state index is 6.55. The summed E-state index contributed by atoms with van der Waals surface area (Å²) in [5, 5.41) is 4.24. The predicted molar refractivity (Wildman–Crippen MR) is 143 cm³/mol. The summed E-state index contributed by atoms with van der Waals surface area (Å²) in [6.45, 7) is 7.89. The van der Waals surface area contributed by atoms with E-state index in [1.54, 1.807) is 0 Å². The quantitative estimate of drug-likeness (QED) is 0.300. The van der Waals surface area contributed by atoms with Crippen molar-refractivity contribution >= 4 is 17.3 Å². The molecule has 35 heavy (non-hydrogen) atoms. The third-order valence-electron chi connectivity index (χ3n) is 6.17. The molecule has 0 amide bonds. The Morgan fingerprint density at radius 2 is 1.77 bits per heavy atom. The van der Waals surface area contributed by atoms with Gasteiger partial charge in [-0.25, -0.2) is 0 Å². The minimum absolute atomic E-state index is 0.254. The predicted octanol–water partition coefficient (Wildman–Crippen LogP) is 7.38. The molecule has 5 heteroatoms. The van der Waals surface area contributed by atoms with Gasteiger partial charge in [-0.2, -0.15) is 0 Å². The zero-order valence-electron chi connectivity index (χ0n) is 20.7. The van der Waals surface area contributed by atoms with Gasteiger partial charge in [0.25, 0.3) is 0 Å². The lowest BCUT2D eigenvalue weighted by molar-refractivity contribution is -0.157. The van der Waals surface area contributed by atoms with Crippen LogP contribution in [0, 0.1) is 0 Å². The molecule has 184 valence electrons. The summed E-state index contributed by atoms with van der Waals surface area (Å²) in [5.41, 5.74) is 3.83. The molecule has 1 aliphatic rings. The zero-order valence-corrected chi connectivity index (χ0v) is 21.4. The first-order valence-electron chi connectivity index (χ1n) is 12.2. The second-order valence-corrected chi connectivity index (χ2v) is 9.73. The second kappa shape index (κ2) is 11.8. The molecule has 3 aromatic carbocycles. The van der Waals surface area contributed by atoms with Crippen LogP contribution in [0.4, 0.5) is 5.69 Å². The van der Waals surface area contributed by atoms with E-state index in [2.05, 4.69) is 55.6 Å². The zero-order chi connectivity index (χ0) is 24.7. The summed E-state index contributed by atoms with van der Waals surface area (Å²) in [7, 11) is 0. The summed E-state index contributed by atoms with van der Waals surface area (Å²) in [6, 6.07) is 24.5. The van der Waals surface area contributed by atoms with Gasteiger partial charge in [-0.05, 0) is 68.7 Å². The van der Waals surface area contributed by atoms with Crippen LogP contribution >= 0.6 is 11.6 Å². The van der Waals surface area contributed by atoms with Gasteiger partial charge in [0.1, 0.15) is 23.6 Å². The Kier molecular flexibility index (Phi) is 8.50. The molecule has 3 aromatic rings. The number of anilines is 1. The van der Waals surface area contributed by atoms with E-state index in [0.717, 1.165) is 34.0 Å². The van der Waals surface area contributed by atoms with Crippen molar-refractivity contribution < 1.29 is 14.2 Å². The number of hydrogen-bond acceptors (Lipinski definition) is 4. The molecule has 0 saturated carbocycles. The van der Waals surface area contributed by atoms with Crippen molar-refractivity contribution in [2.75, 3.05) is 18.5 Å². The topological polar surface area (TPSA) is 39.7 Å². The molecule has 0 fully saturated rings. The number of halogens is 1. The van der Waals surface area contributed by atoms with Crippen LogP contribution in [-0.4, -0.2) is 24.9 Å². The number of rotatable bonds is 10. The summed E-state index contributed by atoms with van der Waals surface area (Å²) >= 11 is 6.15. The van der Waals surface area contributed by atoms with Gasteiger partial charge in [0.05, 0.1) is 13.2 Å². The average Bonchev–Trinajstić information content (AvgIpc) is 2.85. The van der Waals surface area contributed by atoms with E-state index in [-0.39, 0.29) is 12.2 Å². The smallest absolute Gasteiger partial charge is 0.132 e. The van der Waals surface area contributed by atoms with E-state index in [1.165, 1.54) is 5.56 Å². The molecule has 0 saturated heterocycles. The van der Waals surface area contributed by atoms with Crippen molar-refractivity contribution in [3.05, 3.63) is 107 Å². The lowest BCUT2D eigenvalue weighted by Gasteiger charge is -2.44. The molecule has 0 radical (unpaired) electrons. The van der Waals surface area contributed by atoms with Crippen LogP contribution in [0.1, 0.15) is 43.6 Å². The van der Waals surface area contributed by atoms with Gasteiger partial charge in [0.15, 0.2) is 0 Å². The SMILES string of the molecule is CC=CCOC1C(OCCc2ccccc2)c2cc(NCc3cccc(Cl)c3)ccc2OC1(C)C. The van der Waals surface area contributed by atoms with Crippen LogP contribution in [0.5, 0.6) is 5.75 Å². The van der Waals surface area contributed by atoms with Crippen LogP contribution < -0.4 is 10.1 Å². The second-order valence-electron chi connectivity index (χ2n) is 9.29. The van der Waals surface area contributed by atoms with Crippen molar-refractivity contribution in [1.29, 1.82) is 0 Å². The van der Waals surface area contributed by atoms with Gasteiger partial charge in [-0.3, -0.25) is 0 Å². The highest BCUT2D eigenvalue weighted by Crippen LogP contribution is 2.44. The van der Waals surface area contributed by atoms with E-state index >= 15 is 0 Å². The van der Waals surface area contributed by atoms with E-state index in [1.807, 2.05) is 55.5 Å². The molecule has 0 aliphatic carbocycles. The third kappa shape index (κ3) is 6.66. The van der Waals surface area contributed by atoms with Gasteiger partial charge in [-0.15, -0.1) is 0 Å². The highest BCUT2D eigenvalue weighted by atomic mass is 35.5. The number of fused-ring (bicyclic) bond motifs is 1. The fourth-order valence-electron chi connectivity index (χ4n) is 4.36. The Morgan fingerprint density at radius 3 is 2.54 bits per heavy atom. The molecule has 0 spiro atoms. The number of hydrogen-bond donors (Lipinski definition) is 1. The van der Waals surface area contributed by atoms with Gasteiger partial charge in [0.2, 0.25) is 0 Å². The minimum atomic E-state index is -0.540. The molecule has 4 nitrogen and oxygen atoms in total. The van der Waals surface area contributed by atoms with Gasteiger partial charge < -0.3 is 19.5 Å². The van der Waals surface area contributed by atoms with Gasteiger partial charge in [0, 0.05) is 22.8 Å². The maximum Gasteiger partial charge on any atom is 0.132 e. The van der Waals surface area contributed by atoms with Crippen molar-refractivity contribution in [2.24, 2.45) is 0 Å². The molecule has 1 heterocycles. The summed E-state index contributed by atoms with van der Waals surface area (Å²) < 4.78 is 19.3. The first-order chi connectivity index (χ1) is 17.0. The first kappa shape index (κ1) is 25.3. The molecule has 1 aliphatic heterocycles. The van der Waals surface area contributed by atoms with E-state index in [0.29, 0.717) is 19.8 Å².